The lowest BCUT2D eigenvalue weighted by Crippen LogP contribution is -2.11. The molecular weight excluding hydrogens is 272 g/mol. The zero-order chi connectivity index (χ0) is 14.8. The van der Waals surface area contributed by atoms with Crippen LogP contribution in [0, 0.1) is 0 Å². The molecule has 0 bridgehead atoms. The smallest absolute Gasteiger partial charge is 0.138 e. The molecule has 0 aliphatic heterocycles. The van der Waals surface area contributed by atoms with Crippen LogP contribution in [0.4, 0.5) is 0 Å². The molecule has 0 atom stereocenters. The average molecular weight is 293 g/mol. The van der Waals surface area contributed by atoms with E-state index in [0.29, 0.717) is 17.4 Å². The van der Waals surface area contributed by atoms with Gasteiger partial charge in [-0.3, -0.25) is 4.68 Å². The van der Waals surface area contributed by atoms with Crippen molar-refractivity contribution in [1.29, 1.82) is 0 Å². The second-order valence-corrected chi connectivity index (χ2v) is 6.23. The Hall–Kier alpha value is -1.48. The van der Waals surface area contributed by atoms with Gasteiger partial charge in [-0.1, -0.05) is 38.4 Å². The molecule has 1 heterocycles. The Morgan fingerprint density at radius 3 is 2.60 bits per heavy atom. The lowest BCUT2D eigenvalue weighted by atomic mass is 9.87. The molecule has 108 valence electrons. The molecule has 2 aromatic rings. The van der Waals surface area contributed by atoms with E-state index in [1.807, 2.05) is 22.9 Å². The van der Waals surface area contributed by atoms with E-state index in [4.69, 9.17) is 16.3 Å². The first-order valence-corrected chi connectivity index (χ1v) is 7.23. The van der Waals surface area contributed by atoms with Crippen LogP contribution in [0.25, 0.3) is 0 Å². The van der Waals surface area contributed by atoms with Crippen molar-refractivity contribution in [2.45, 2.75) is 46.3 Å². The van der Waals surface area contributed by atoms with Crippen LogP contribution in [0.1, 0.15) is 39.0 Å². The van der Waals surface area contributed by atoms with Gasteiger partial charge < -0.3 is 4.74 Å². The van der Waals surface area contributed by atoms with E-state index < -0.39 is 0 Å². The van der Waals surface area contributed by atoms with Crippen molar-refractivity contribution in [2.24, 2.45) is 0 Å². The summed E-state index contributed by atoms with van der Waals surface area (Å²) in [7, 11) is 0. The summed E-state index contributed by atoms with van der Waals surface area (Å²) in [5.74, 6) is 0.712. The minimum atomic E-state index is 0.0863. The molecule has 1 aromatic heterocycles. The largest absolute Gasteiger partial charge is 0.486 e. The number of halogens is 1. The maximum atomic E-state index is 6.30. The number of aromatic nitrogens is 2. The number of benzene rings is 1. The third-order valence-corrected chi connectivity index (χ3v) is 3.57. The van der Waals surface area contributed by atoms with Gasteiger partial charge in [0, 0.05) is 12.7 Å². The van der Waals surface area contributed by atoms with Crippen LogP contribution in [0.15, 0.2) is 30.5 Å². The quantitative estimate of drug-likeness (QED) is 0.833. The Bertz CT molecular complexity index is 584. The molecule has 0 fully saturated rings. The lowest BCUT2D eigenvalue weighted by Gasteiger charge is -2.20. The van der Waals surface area contributed by atoms with Gasteiger partial charge in [0.15, 0.2) is 0 Å². The first-order chi connectivity index (χ1) is 9.41. The van der Waals surface area contributed by atoms with Gasteiger partial charge in [0.05, 0.1) is 10.7 Å². The fraction of sp³-hybridized carbons (Fsp3) is 0.438. The summed E-state index contributed by atoms with van der Waals surface area (Å²) in [5, 5.41) is 4.87. The number of rotatable bonds is 4. The normalized spacial score (nSPS) is 11.7. The van der Waals surface area contributed by atoms with Crippen LogP contribution in [0.2, 0.25) is 5.02 Å². The van der Waals surface area contributed by atoms with E-state index >= 15 is 0 Å². The Morgan fingerprint density at radius 1 is 1.25 bits per heavy atom. The highest BCUT2D eigenvalue weighted by atomic mass is 35.5. The molecule has 0 aliphatic carbocycles. The number of hydrogen-bond donors (Lipinski definition) is 0. The summed E-state index contributed by atoms with van der Waals surface area (Å²) in [6.07, 6.45) is 1.78. The van der Waals surface area contributed by atoms with Crippen molar-refractivity contribution in [3.63, 3.8) is 0 Å². The highest BCUT2D eigenvalue weighted by Gasteiger charge is 2.15. The molecular formula is C16H21ClN2O. The van der Waals surface area contributed by atoms with Gasteiger partial charge in [-0.25, -0.2) is 0 Å². The molecule has 20 heavy (non-hydrogen) atoms. The molecule has 1 aromatic carbocycles. The number of nitrogens with zero attached hydrogens (tertiary/aromatic N) is 2. The minimum Gasteiger partial charge on any atom is -0.486 e. The number of aryl methyl sites for hydroxylation is 1. The molecule has 0 radical (unpaired) electrons. The van der Waals surface area contributed by atoms with Gasteiger partial charge in [0.25, 0.3) is 0 Å². The van der Waals surface area contributed by atoms with Crippen molar-refractivity contribution < 1.29 is 4.74 Å². The first-order valence-electron chi connectivity index (χ1n) is 6.85. The standard InChI is InChI=1S/C16H21ClN2O/c1-5-19-13(8-9-18-19)11-20-15-7-6-12(10-14(15)17)16(2,3)4/h6-10H,5,11H2,1-4H3. The predicted octanol–water partition coefficient (Wildman–Crippen LogP) is 4.43. The maximum Gasteiger partial charge on any atom is 0.138 e. The molecule has 0 aliphatic rings. The molecule has 4 heteroatoms. The van der Waals surface area contributed by atoms with E-state index in [0.717, 1.165) is 12.2 Å². The van der Waals surface area contributed by atoms with Crippen molar-refractivity contribution in [3.05, 3.63) is 46.7 Å². The van der Waals surface area contributed by atoms with E-state index in [2.05, 4.69) is 38.9 Å². The van der Waals surface area contributed by atoms with Crippen LogP contribution in [-0.2, 0) is 18.6 Å². The zero-order valence-corrected chi connectivity index (χ0v) is 13.2. The van der Waals surface area contributed by atoms with E-state index in [-0.39, 0.29) is 5.41 Å². The van der Waals surface area contributed by atoms with Gasteiger partial charge >= 0.3 is 0 Å². The van der Waals surface area contributed by atoms with Crippen molar-refractivity contribution >= 4 is 11.6 Å². The van der Waals surface area contributed by atoms with Crippen molar-refractivity contribution in [1.82, 2.24) is 9.78 Å². The van der Waals surface area contributed by atoms with Gasteiger partial charge in [-0.2, -0.15) is 5.10 Å². The predicted molar refractivity (Wildman–Crippen MR) is 82.4 cm³/mol. The highest BCUT2D eigenvalue weighted by Crippen LogP contribution is 2.31. The third-order valence-electron chi connectivity index (χ3n) is 3.28. The summed E-state index contributed by atoms with van der Waals surface area (Å²) in [6.45, 7) is 9.86. The van der Waals surface area contributed by atoms with Crippen LogP contribution in [-0.4, -0.2) is 9.78 Å². The maximum absolute atomic E-state index is 6.30. The number of ether oxygens (including phenoxy) is 1. The Balaban J connectivity index is 2.11. The lowest BCUT2D eigenvalue weighted by molar-refractivity contribution is 0.292. The SMILES string of the molecule is CCn1nccc1COc1ccc(C(C)(C)C)cc1Cl. The molecule has 0 N–H and O–H groups in total. The second-order valence-electron chi connectivity index (χ2n) is 5.82. The van der Waals surface area contributed by atoms with Crippen LogP contribution < -0.4 is 4.74 Å². The Kier molecular flexibility index (Phi) is 4.39. The van der Waals surface area contributed by atoms with Gasteiger partial charge in [-0.05, 0) is 36.1 Å². The topological polar surface area (TPSA) is 27.1 Å². The van der Waals surface area contributed by atoms with Crippen LogP contribution in [0.3, 0.4) is 0 Å². The van der Waals surface area contributed by atoms with E-state index in [1.165, 1.54) is 5.56 Å². The molecule has 0 amide bonds. The second kappa shape index (κ2) is 5.88. The summed E-state index contributed by atoms with van der Waals surface area (Å²) < 4.78 is 7.71. The third kappa shape index (κ3) is 3.34. The van der Waals surface area contributed by atoms with Gasteiger partial charge in [0.2, 0.25) is 0 Å². The summed E-state index contributed by atoms with van der Waals surface area (Å²) in [4.78, 5) is 0. The Labute approximate surface area is 125 Å². The molecule has 0 saturated carbocycles. The Morgan fingerprint density at radius 2 is 2.00 bits per heavy atom. The number of hydrogen-bond acceptors (Lipinski definition) is 2. The summed E-state index contributed by atoms with van der Waals surface area (Å²) in [6, 6.07) is 7.95. The highest BCUT2D eigenvalue weighted by molar-refractivity contribution is 6.32. The van der Waals surface area contributed by atoms with Gasteiger partial charge in [-0.15, -0.1) is 0 Å². The molecule has 2 rings (SSSR count). The van der Waals surface area contributed by atoms with Gasteiger partial charge in [0.1, 0.15) is 12.4 Å². The molecule has 0 saturated heterocycles. The molecule has 3 nitrogen and oxygen atoms in total. The zero-order valence-electron chi connectivity index (χ0n) is 12.5. The van der Waals surface area contributed by atoms with Crippen molar-refractivity contribution in [2.75, 3.05) is 0 Å². The van der Waals surface area contributed by atoms with Crippen LogP contribution in [0.5, 0.6) is 5.75 Å². The van der Waals surface area contributed by atoms with Crippen molar-refractivity contribution in [3.8, 4) is 5.75 Å². The minimum absolute atomic E-state index is 0.0863. The molecule has 0 unspecified atom stereocenters. The average Bonchev–Trinajstić information content (AvgIpc) is 2.83. The van der Waals surface area contributed by atoms with E-state index in [9.17, 15) is 0 Å². The van der Waals surface area contributed by atoms with Crippen LogP contribution >= 0.6 is 11.6 Å². The fourth-order valence-corrected chi connectivity index (χ4v) is 2.24. The summed E-state index contributed by atoms with van der Waals surface area (Å²) in [5.41, 5.74) is 2.33. The first kappa shape index (κ1) is 14.9. The monoisotopic (exact) mass is 292 g/mol. The molecule has 0 spiro atoms. The van der Waals surface area contributed by atoms with E-state index in [1.54, 1.807) is 6.20 Å². The fourth-order valence-electron chi connectivity index (χ4n) is 2.00. The summed E-state index contributed by atoms with van der Waals surface area (Å²) >= 11 is 6.30.